The molecule has 0 saturated heterocycles. The summed E-state index contributed by atoms with van der Waals surface area (Å²) in [7, 11) is 0. The van der Waals surface area contributed by atoms with E-state index in [2.05, 4.69) is 34.7 Å². The van der Waals surface area contributed by atoms with Crippen LogP contribution >= 0.6 is 23.2 Å². The molecule has 132 valence electrons. The van der Waals surface area contributed by atoms with E-state index in [1.165, 1.54) is 6.20 Å². The molecule has 1 amide bonds. The van der Waals surface area contributed by atoms with Gasteiger partial charge in [-0.3, -0.25) is 4.79 Å². The van der Waals surface area contributed by atoms with Crippen LogP contribution in [0.1, 0.15) is 28.9 Å². The highest BCUT2D eigenvalue weighted by Crippen LogP contribution is 2.29. The fourth-order valence-corrected chi connectivity index (χ4v) is 2.83. The fourth-order valence-electron chi connectivity index (χ4n) is 2.48. The molecule has 1 unspecified atom stereocenters. The van der Waals surface area contributed by atoms with Gasteiger partial charge < -0.3 is 10.6 Å². The Morgan fingerprint density at radius 2 is 1.81 bits per heavy atom. The third-order valence-corrected chi connectivity index (χ3v) is 4.42. The van der Waals surface area contributed by atoms with Gasteiger partial charge in [-0.1, -0.05) is 53.5 Å². The molecule has 26 heavy (non-hydrogen) atoms. The minimum Gasteiger partial charge on any atom is -0.377 e. The number of pyridine rings is 1. The maximum atomic E-state index is 12.2. The molecule has 1 atom stereocenters. The number of aromatic nitrogens is 1. The van der Waals surface area contributed by atoms with Gasteiger partial charge in [0.1, 0.15) is 5.15 Å². The Balaban J connectivity index is 1.69. The molecule has 0 aliphatic rings. The summed E-state index contributed by atoms with van der Waals surface area (Å²) >= 11 is 12.1. The van der Waals surface area contributed by atoms with Crippen molar-refractivity contribution in [3.8, 4) is 0 Å². The molecule has 4 nitrogen and oxygen atoms in total. The molecule has 0 radical (unpaired) electrons. The summed E-state index contributed by atoms with van der Waals surface area (Å²) in [5, 5.41) is 7.04. The smallest absolute Gasteiger partial charge is 0.257 e. The second kappa shape index (κ2) is 8.21. The number of anilines is 2. The average molecular weight is 386 g/mol. The molecule has 1 aromatic heterocycles. The minimum atomic E-state index is -0.274. The first kappa shape index (κ1) is 18.2. The van der Waals surface area contributed by atoms with Crippen LogP contribution < -0.4 is 10.6 Å². The van der Waals surface area contributed by atoms with E-state index in [1.54, 1.807) is 24.3 Å². The fraction of sp³-hybridized carbons (Fsp3) is 0.100. The van der Waals surface area contributed by atoms with Crippen molar-refractivity contribution in [3.05, 3.63) is 88.2 Å². The molecule has 3 aromatic rings. The van der Waals surface area contributed by atoms with Gasteiger partial charge in [0.25, 0.3) is 5.91 Å². The zero-order valence-corrected chi connectivity index (χ0v) is 15.6. The van der Waals surface area contributed by atoms with Gasteiger partial charge in [-0.15, -0.1) is 0 Å². The van der Waals surface area contributed by atoms with Crippen molar-refractivity contribution in [2.24, 2.45) is 0 Å². The van der Waals surface area contributed by atoms with Gasteiger partial charge in [-0.05, 0) is 42.8 Å². The summed E-state index contributed by atoms with van der Waals surface area (Å²) in [5.74, 6) is -0.274. The summed E-state index contributed by atoms with van der Waals surface area (Å²) < 4.78 is 0. The molecular formula is C20H17Cl2N3O. The standard InChI is InChI=1S/C20H17Cl2N3O/c1-13(14-5-3-2-4-6-14)24-18-9-8-16(11-17(18)21)25-20(26)15-7-10-19(22)23-12-15/h2-13,24H,1H3,(H,25,26). The average Bonchev–Trinajstić information content (AvgIpc) is 2.65. The largest absolute Gasteiger partial charge is 0.377 e. The molecule has 2 N–H and O–H groups in total. The van der Waals surface area contributed by atoms with Crippen LogP contribution in [0.5, 0.6) is 0 Å². The van der Waals surface area contributed by atoms with E-state index in [9.17, 15) is 4.79 Å². The number of nitrogens with zero attached hydrogens (tertiary/aromatic N) is 1. The number of carbonyl (C=O) groups is 1. The molecule has 0 bridgehead atoms. The second-order valence-corrected chi connectivity index (χ2v) is 6.59. The van der Waals surface area contributed by atoms with Crippen molar-refractivity contribution in [1.29, 1.82) is 0 Å². The van der Waals surface area contributed by atoms with Gasteiger partial charge in [0.2, 0.25) is 0 Å². The highest BCUT2D eigenvalue weighted by atomic mass is 35.5. The third-order valence-electron chi connectivity index (χ3n) is 3.89. The van der Waals surface area contributed by atoms with Gasteiger partial charge in [0.15, 0.2) is 0 Å². The molecule has 0 aliphatic heterocycles. The van der Waals surface area contributed by atoms with Gasteiger partial charge in [0, 0.05) is 17.9 Å². The van der Waals surface area contributed by atoms with E-state index in [1.807, 2.05) is 24.3 Å². The Kier molecular flexibility index (Phi) is 5.76. The molecule has 0 fully saturated rings. The normalized spacial score (nSPS) is 11.7. The van der Waals surface area contributed by atoms with Gasteiger partial charge in [-0.25, -0.2) is 4.98 Å². The molecule has 1 heterocycles. The lowest BCUT2D eigenvalue weighted by atomic mass is 10.1. The number of hydrogen-bond donors (Lipinski definition) is 2. The Hall–Kier alpha value is -2.56. The van der Waals surface area contributed by atoms with Crippen LogP contribution in [0.15, 0.2) is 66.9 Å². The van der Waals surface area contributed by atoms with Crippen LogP contribution in [-0.2, 0) is 0 Å². The van der Waals surface area contributed by atoms with Crippen LogP contribution in [-0.4, -0.2) is 10.9 Å². The Labute approximate surface area is 162 Å². The lowest BCUT2D eigenvalue weighted by molar-refractivity contribution is 0.102. The van der Waals surface area contributed by atoms with Crippen LogP contribution in [0.2, 0.25) is 10.2 Å². The molecule has 2 aromatic carbocycles. The van der Waals surface area contributed by atoms with Crippen molar-refractivity contribution in [1.82, 2.24) is 4.98 Å². The lowest BCUT2D eigenvalue weighted by Crippen LogP contribution is -2.12. The molecular weight excluding hydrogens is 369 g/mol. The van der Waals surface area contributed by atoms with E-state index in [0.29, 0.717) is 21.4 Å². The SMILES string of the molecule is CC(Nc1ccc(NC(=O)c2ccc(Cl)nc2)cc1Cl)c1ccccc1. The second-order valence-electron chi connectivity index (χ2n) is 5.80. The van der Waals surface area contributed by atoms with E-state index in [-0.39, 0.29) is 11.9 Å². The zero-order valence-electron chi connectivity index (χ0n) is 14.0. The first-order valence-electron chi connectivity index (χ1n) is 8.07. The van der Waals surface area contributed by atoms with Gasteiger partial charge in [0.05, 0.1) is 16.3 Å². The molecule has 3 rings (SSSR count). The number of halogens is 2. The number of rotatable bonds is 5. The van der Waals surface area contributed by atoms with E-state index in [0.717, 1.165) is 11.3 Å². The maximum absolute atomic E-state index is 12.2. The first-order chi connectivity index (χ1) is 12.5. The predicted octanol–water partition coefficient (Wildman–Crippen LogP) is 5.81. The highest BCUT2D eigenvalue weighted by Gasteiger charge is 2.10. The number of nitrogens with one attached hydrogen (secondary N) is 2. The number of carbonyl (C=O) groups excluding carboxylic acids is 1. The molecule has 0 spiro atoms. The Morgan fingerprint density at radius 1 is 1.04 bits per heavy atom. The lowest BCUT2D eigenvalue weighted by Gasteiger charge is -2.17. The van der Waals surface area contributed by atoms with E-state index >= 15 is 0 Å². The summed E-state index contributed by atoms with van der Waals surface area (Å²) in [6, 6.07) is 18.7. The molecule has 6 heteroatoms. The summed E-state index contributed by atoms with van der Waals surface area (Å²) in [4.78, 5) is 16.1. The number of amides is 1. The third kappa shape index (κ3) is 4.54. The monoisotopic (exact) mass is 385 g/mol. The van der Waals surface area contributed by atoms with E-state index in [4.69, 9.17) is 23.2 Å². The van der Waals surface area contributed by atoms with Crippen LogP contribution in [0.3, 0.4) is 0 Å². The first-order valence-corrected chi connectivity index (χ1v) is 8.82. The quantitative estimate of drug-likeness (QED) is 0.544. The van der Waals surface area contributed by atoms with E-state index < -0.39 is 0 Å². The predicted molar refractivity (Wildman–Crippen MR) is 107 cm³/mol. The van der Waals surface area contributed by atoms with Crippen molar-refractivity contribution >= 4 is 40.5 Å². The number of hydrogen-bond acceptors (Lipinski definition) is 3. The van der Waals surface area contributed by atoms with Crippen LogP contribution in [0.25, 0.3) is 0 Å². The Bertz CT molecular complexity index is 899. The van der Waals surface area contributed by atoms with Crippen LogP contribution in [0.4, 0.5) is 11.4 Å². The maximum Gasteiger partial charge on any atom is 0.257 e. The van der Waals surface area contributed by atoms with Crippen LogP contribution in [0, 0.1) is 0 Å². The van der Waals surface area contributed by atoms with Gasteiger partial charge in [-0.2, -0.15) is 0 Å². The van der Waals surface area contributed by atoms with Crippen molar-refractivity contribution < 1.29 is 4.79 Å². The minimum absolute atomic E-state index is 0.106. The van der Waals surface area contributed by atoms with Crippen molar-refractivity contribution in [2.45, 2.75) is 13.0 Å². The number of benzene rings is 2. The summed E-state index contributed by atoms with van der Waals surface area (Å²) in [6.07, 6.45) is 1.43. The summed E-state index contributed by atoms with van der Waals surface area (Å²) in [5.41, 5.74) is 2.99. The van der Waals surface area contributed by atoms with Gasteiger partial charge >= 0.3 is 0 Å². The topological polar surface area (TPSA) is 54.0 Å². The van der Waals surface area contributed by atoms with Crippen molar-refractivity contribution in [2.75, 3.05) is 10.6 Å². The van der Waals surface area contributed by atoms with Crippen molar-refractivity contribution in [3.63, 3.8) is 0 Å². The molecule has 0 aliphatic carbocycles. The Morgan fingerprint density at radius 3 is 2.46 bits per heavy atom. The zero-order chi connectivity index (χ0) is 18.5. The molecule has 0 saturated carbocycles. The highest BCUT2D eigenvalue weighted by molar-refractivity contribution is 6.33. The summed E-state index contributed by atoms with van der Waals surface area (Å²) in [6.45, 7) is 2.06.